The summed E-state index contributed by atoms with van der Waals surface area (Å²) in [6.45, 7) is 1.96. The van der Waals surface area contributed by atoms with E-state index in [1.54, 1.807) is 36.4 Å². The lowest BCUT2D eigenvalue weighted by molar-refractivity contribution is -0.120. The lowest BCUT2D eigenvalue weighted by Gasteiger charge is -2.31. The fourth-order valence-corrected chi connectivity index (χ4v) is 4.75. The highest BCUT2D eigenvalue weighted by Gasteiger charge is 2.39. The van der Waals surface area contributed by atoms with Gasteiger partial charge in [-0.2, -0.15) is 0 Å². The summed E-state index contributed by atoms with van der Waals surface area (Å²) in [5.41, 5.74) is 2.62. The summed E-state index contributed by atoms with van der Waals surface area (Å²) in [5, 5.41) is 2.83. The molecule has 1 saturated carbocycles. The Kier molecular flexibility index (Phi) is 6.84. The average Bonchev–Trinajstić information content (AvgIpc) is 3.07. The van der Waals surface area contributed by atoms with E-state index in [0.717, 1.165) is 36.1 Å². The summed E-state index contributed by atoms with van der Waals surface area (Å²) < 4.78 is 0. The van der Waals surface area contributed by atoms with Gasteiger partial charge in [-0.3, -0.25) is 14.4 Å². The van der Waals surface area contributed by atoms with Gasteiger partial charge in [-0.25, -0.2) is 4.90 Å². The van der Waals surface area contributed by atoms with Gasteiger partial charge in [0.05, 0.1) is 5.69 Å². The predicted octanol–water partition coefficient (Wildman–Crippen LogP) is 5.09. The van der Waals surface area contributed by atoms with Crippen molar-refractivity contribution in [3.8, 4) is 0 Å². The number of aryl methyl sites for hydroxylation is 1. The van der Waals surface area contributed by atoms with Gasteiger partial charge in [0.1, 0.15) is 10.7 Å². The van der Waals surface area contributed by atoms with Gasteiger partial charge in [0.15, 0.2) is 0 Å². The Morgan fingerprint density at radius 2 is 1.70 bits per heavy atom. The van der Waals surface area contributed by atoms with Gasteiger partial charge in [0.25, 0.3) is 17.7 Å². The molecular weight excluding hydrogens is 438 g/mol. The summed E-state index contributed by atoms with van der Waals surface area (Å²) in [6, 6.07) is 14.5. The molecule has 1 heterocycles. The smallest absolute Gasteiger partial charge is 0.283 e. The maximum absolute atomic E-state index is 13.1. The van der Waals surface area contributed by atoms with Gasteiger partial charge in [-0.15, -0.1) is 0 Å². The van der Waals surface area contributed by atoms with Gasteiger partial charge in [-0.1, -0.05) is 56.0 Å². The third kappa shape index (κ3) is 4.53. The van der Waals surface area contributed by atoms with Crippen LogP contribution in [-0.2, 0) is 16.0 Å². The molecule has 3 amide bonds. The maximum Gasteiger partial charge on any atom is 0.283 e. The van der Waals surface area contributed by atoms with Crippen molar-refractivity contribution in [3.63, 3.8) is 0 Å². The standard InChI is InChI=1S/C26H28ClN3O3/c1-3-17-9-7-8-12-21(17)30-25(32)22(27)23(26(30)33)28-19-15-13-18(14-16-19)24(31)29(2)20-10-5-4-6-11-20/h7-9,12-16,20,28H,3-6,10-11H2,1-2H3. The van der Waals surface area contributed by atoms with Crippen molar-refractivity contribution in [3.05, 3.63) is 70.4 Å². The minimum atomic E-state index is -0.550. The first-order valence-electron chi connectivity index (χ1n) is 11.4. The first kappa shape index (κ1) is 23.1. The van der Waals surface area contributed by atoms with Crippen LogP contribution in [0.5, 0.6) is 0 Å². The van der Waals surface area contributed by atoms with E-state index < -0.39 is 11.8 Å². The molecule has 2 aromatic rings. The molecule has 172 valence electrons. The molecule has 0 saturated heterocycles. The molecule has 7 heteroatoms. The van der Waals surface area contributed by atoms with Crippen LogP contribution >= 0.6 is 11.6 Å². The molecular formula is C26H28ClN3O3. The number of benzene rings is 2. The second-order valence-corrected chi connectivity index (χ2v) is 8.91. The summed E-state index contributed by atoms with van der Waals surface area (Å²) in [6.07, 6.45) is 6.32. The molecule has 4 rings (SSSR count). The molecule has 0 aromatic heterocycles. The lowest BCUT2D eigenvalue weighted by Crippen LogP contribution is -2.38. The molecule has 1 aliphatic carbocycles. The topological polar surface area (TPSA) is 69.7 Å². The van der Waals surface area contributed by atoms with E-state index in [9.17, 15) is 14.4 Å². The van der Waals surface area contributed by atoms with Crippen LogP contribution in [0.2, 0.25) is 0 Å². The van der Waals surface area contributed by atoms with Crippen molar-refractivity contribution < 1.29 is 14.4 Å². The number of carbonyl (C=O) groups is 3. The van der Waals surface area contributed by atoms with Crippen LogP contribution in [0, 0.1) is 0 Å². The molecule has 2 aromatic carbocycles. The molecule has 2 aliphatic rings. The predicted molar refractivity (Wildman–Crippen MR) is 130 cm³/mol. The SMILES string of the molecule is CCc1ccccc1N1C(=O)C(Cl)=C(Nc2ccc(C(=O)N(C)C3CCCCC3)cc2)C1=O. The number of nitrogens with one attached hydrogen (secondary N) is 1. The number of imide groups is 1. The second-order valence-electron chi connectivity index (χ2n) is 8.53. The molecule has 0 radical (unpaired) electrons. The van der Waals surface area contributed by atoms with E-state index in [0.29, 0.717) is 23.4 Å². The van der Waals surface area contributed by atoms with Gasteiger partial charge >= 0.3 is 0 Å². The van der Waals surface area contributed by atoms with Crippen molar-refractivity contribution in [2.24, 2.45) is 0 Å². The minimum Gasteiger partial charge on any atom is -0.350 e. The van der Waals surface area contributed by atoms with Crippen LogP contribution < -0.4 is 10.2 Å². The third-order valence-electron chi connectivity index (χ3n) is 6.48. The number of carbonyl (C=O) groups excluding carboxylic acids is 3. The van der Waals surface area contributed by atoms with E-state index >= 15 is 0 Å². The zero-order valence-corrected chi connectivity index (χ0v) is 19.7. The van der Waals surface area contributed by atoms with Gasteiger partial charge in [0.2, 0.25) is 0 Å². The summed E-state index contributed by atoms with van der Waals surface area (Å²) in [5.74, 6) is -1.06. The quantitative estimate of drug-likeness (QED) is 0.603. The van der Waals surface area contributed by atoms with Crippen LogP contribution in [0.3, 0.4) is 0 Å². The lowest BCUT2D eigenvalue weighted by atomic mass is 9.94. The Hall–Kier alpha value is -3.12. The van der Waals surface area contributed by atoms with E-state index in [4.69, 9.17) is 11.6 Å². The van der Waals surface area contributed by atoms with E-state index in [2.05, 4.69) is 5.32 Å². The number of halogens is 1. The Morgan fingerprint density at radius 1 is 1.03 bits per heavy atom. The normalized spacial score (nSPS) is 17.0. The molecule has 0 unspecified atom stereocenters. The molecule has 33 heavy (non-hydrogen) atoms. The van der Waals surface area contributed by atoms with Crippen molar-refractivity contribution in [2.45, 2.75) is 51.5 Å². The van der Waals surface area contributed by atoms with Crippen molar-refractivity contribution in [2.75, 3.05) is 17.3 Å². The van der Waals surface area contributed by atoms with Crippen molar-refractivity contribution in [1.82, 2.24) is 4.90 Å². The molecule has 0 spiro atoms. The molecule has 1 aliphatic heterocycles. The van der Waals surface area contributed by atoms with Gasteiger partial charge in [0, 0.05) is 24.3 Å². The highest BCUT2D eigenvalue weighted by atomic mass is 35.5. The average molecular weight is 466 g/mol. The van der Waals surface area contributed by atoms with Gasteiger partial charge in [-0.05, 0) is 55.2 Å². The van der Waals surface area contributed by atoms with E-state index in [-0.39, 0.29) is 22.7 Å². The van der Waals surface area contributed by atoms with Crippen LogP contribution in [-0.4, -0.2) is 35.7 Å². The molecule has 0 bridgehead atoms. The van der Waals surface area contributed by atoms with E-state index in [1.165, 1.54) is 6.42 Å². The summed E-state index contributed by atoms with van der Waals surface area (Å²) in [4.78, 5) is 41.7. The number of nitrogens with zero attached hydrogens (tertiary/aromatic N) is 2. The monoisotopic (exact) mass is 465 g/mol. The van der Waals surface area contributed by atoms with Crippen molar-refractivity contribution in [1.29, 1.82) is 0 Å². The van der Waals surface area contributed by atoms with Gasteiger partial charge < -0.3 is 10.2 Å². The maximum atomic E-state index is 13.1. The number of amides is 3. The fraction of sp³-hybridized carbons (Fsp3) is 0.346. The first-order chi connectivity index (χ1) is 15.9. The zero-order valence-electron chi connectivity index (χ0n) is 18.9. The number of anilines is 2. The molecule has 0 atom stereocenters. The molecule has 6 nitrogen and oxygen atoms in total. The van der Waals surface area contributed by atoms with Crippen LogP contribution in [0.15, 0.2) is 59.3 Å². The molecule has 1 N–H and O–H groups in total. The number of rotatable bonds is 6. The second kappa shape index (κ2) is 9.79. The van der Waals surface area contributed by atoms with Crippen molar-refractivity contribution >= 4 is 40.7 Å². The van der Waals surface area contributed by atoms with Crippen LogP contribution in [0.1, 0.15) is 54.9 Å². The highest BCUT2D eigenvalue weighted by molar-refractivity contribution is 6.53. The summed E-state index contributed by atoms with van der Waals surface area (Å²) >= 11 is 6.27. The fourth-order valence-electron chi connectivity index (χ4n) is 4.54. The first-order valence-corrected chi connectivity index (χ1v) is 11.8. The molecule has 1 fully saturated rings. The largest absolute Gasteiger partial charge is 0.350 e. The van der Waals surface area contributed by atoms with Crippen LogP contribution in [0.4, 0.5) is 11.4 Å². The van der Waals surface area contributed by atoms with E-state index in [1.807, 2.05) is 31.0 Å². The number of hydrogen-bond acceptors (Lipinski definition) is 4. The minimum absolute atomic E-state index is 0.0137. The highest BCUT2D eigenvalue weighted by Crippen LogP contribution is 2.32. The third-order valence-corrected chi connectivity index (χ3v) is 6.84. The Bertz CT molecular complexity index is 1100. The Balaban J connectivity index is 1.49. The van der Waals surface area contributed by atoms with Crippen LogP contribution in [0.25, 0.3) is 0 Å². The number of hydrogen-bond donors (Lipinski definition) is 1. The summed E-state index contributed by atoms with van der Waals surface area (Å²) in [7, 11) is 1.86. The Labute approximate surface area is 199 Å². The Morgan fingerprint density at radius 3 is 2.36 bits per heavy atom. The zero-order chi connectivity index (χ0) is 23.5. The number of para-hydroxylation sites is 1.